The number of aldehydes is 1. The molecule has 2 unspecified atom stereocenters. The molecule has 194 valence electrons. The topological polar surface area (TPSA) is 60.4 Å². The second kappa shape index (κ2) is 12.3. The van der Waals surface area contributed by atoms with Gasteiger partial charge >= 0.3 is 0 Å². The fourth-order valence-corrected chi connectivity index (χ4v) is 7.33. The molecule has 4 nitrogen and oxygen atoms in total. The van der Waals surface area contributed by atoms with Crippen LogP contribution in [0.3, 0.4) is 0 Å². The molecule has 0 heterocycles. The number of aryl methyl sites for hydroxylation is 1. The summed E-state index contributed by atoms with van der Waals surface area (Å²) < 4.78 is 34.3. The Morgan fingerprint density at radius 2 is 1.66 bits per heavy atom. The lowest BCUT2D eigenvalue weighted by atomic mass is 9.70. The van der Waals surface area contributed by atoms with E-state index in [1.807, 2.05) is 58.9 Å². The molecular weight excluding hydrogens is 456 g/mol. The Labute approximate surface area is 213 Å². The first-order chi connectivity index (χ1) is 16.3. The number of allylic oxidation sites excluding steroid dienone is 3. The summed E-state index contributed by atoms with van der Waals surface area (Å²) >= 11 is 0. The van der Waals surface area contributed by atoms with Crippen LogP contribution in [0.4, 0.5) is 0 Å². The lowest BCUT2D eigenvalue weighted by molar-refractivity contribution is -0.107. The van der Waals surface area contributed by atoms with Crippen LogP contribution in [0, 0.1) is 12.3 Å². The van der Waals surface area contributed by atoms with Gasteiger partial charge in [0.05, 0.1) is 22.4 Å². The highest BCUT2D eigenvalue weighted by molar-refractivity contribution is 7.92. The van der Waals surface area contributed by atoms with Gasteiger partial charge in [-0.3, -0.25) is 0 Å². The van der Waals surface area contributed by atoms with Crippen LogP contribution >= 0.6 is 0 Å². The number of carbonyl (C=O) groups is 1. The molecule has 0 saturated carbocycles. The van der Waals surface area contributed by atoms with Crippen molar-refractivity contribution in [2.45, 2.75) is 110 Å². The summed E-state index contributed by atoms with van der Waals surface area (Å²) in [4.78, 5) is 11.3. The molecule has 1 aromatic carbocycles. The van der Waals surface area contributed by atoms with Crippen molar-refractivity contribution >= 4 is 16.1 Å². The predicted molar refractivity (Wildman–Crippen MR) is 145 cm³/mol. The van der Waals surface area contributed by atoms with Gasteiger partial charge in [-0.25, -0.2) is 8.42 Å². The van der Waals surface area contributed by atoms with Crippen LogP contribution in [0.15, 0.2) is 63.6 Å². The second-order valence-electron chi connectivity index (χ2n) is 11.0. The fraction of sp³-hybridized carbons (Fsp3) is 0.567. The molecule has 0 radical (unpaired) electrons. The van der Waals surface area contributed by atoms with Crippen LogP contribution in [0.5, 0.6) is 0 Å². The summed E-state index contributed by atoms with van der Waals surface area (Å²) in [6, 6.07) is 7.21. The maximum atomic E-state index is 14.1. The molecule has 0 N–H and O–H groups in total. The third-order valence-corrected chi connectivity index (χ3v) is 8.91. The van der Waals surface area contributed by atoms with Gasteiger partial charge in [0, 0.05) is 6.42 Å². The lowest BCUT2D eigenvalue weighted by Crippen LogP contribution is -2.35. The van der Waals surface area contributed by atoms with Gasteiger partial charge in [-0.15, -0.1) is 0 Å². The first-order valence-corrected chi connectivity index (χ1v) is 14.3. The molecule has 0 spiro atoms. The van der Waals surface area contributed by atoms with E-state index in [2.05, 4.69) is 20.8 Å². The van der Waals surface area contributed by atoms with E-state index in [-0.39, 0.29) is 17.6 Å². The van der Waals surface area contributed by atoms with Crippen LogP contribution in [-0.2, 0) is 19.4 Å². The minimum Gasteiger partial charge on any atom is -0.367 e. The van der Waals surface area contributed by atoms with Crippen LogP contribution in [0.1, 0.15) is 86.1 Å². The van der Waals surface area contributed by atoms with E-state index in [0.29, 0.717) is 17.7 Å². The first-order valence-electron chi connectivity index (χ1n) is 12.7. The van der Waals surface area contributed by atoms with Crippen molar-refractivity contribution in [3.63, 3.8) is 0 Å². The van der Waals surface area contributed by atoms with E-state index in [1.165, 1.54) is 5.57 Å². The minimum absolute atomic E-state index is 0.00125. The fourth-order valence-electron chi connectivity index (χ4n) is 5.17. The summed E-state index contributed by atoms with van der Waals surface area (Å²) in [6.45, 7) is 16.3. The second-order valence-corrected chi connectivity index (χ2v) is 13.2. The van der Waals surface area contributed by atoms with Crippen LogP contribution in [0.25, 0.3) is 0 Å². The van der Waals surface area contributed by atoms with E-state index in [1.54, 1.807) is 12.1 Å². The number of carbonyl (C=O) groups excluding carboxylic acids is 1. The molecule has 2 atom stereocenters. The molecule has 0 bridgehead atoms. The van der Waals surface area contributed by atoms with E-state index in [9.17, 15) is 13.2 Å². The SMILES string of the molecule is CC(=CC(C=C(C)CC(C1=C(C)CCCC1(C)C)S(=O)(=O)c1ccc(C)cc1)OC(C)C)CC=O. The van der Waals surface area contributed by atoms with Gasteiger partial charge in [0.1, 0.15) is 6.29 Å². The van der Waals surface area contributed by atoms with E-state index in [0.717, 1.165) is 47.8 Å². The van der Waals surface area contributed by atoms with Gasteiger partial charge < -0.3 is 9.53 Å². The monoisotopic (exact) mass is 500 g/mol. The predicted octanol–water partition coefficient (Wildman–Crippen LogP) is 7.33. The molecule has 2 rings (SSSR count). The smallest absolute Gasteiger partial charge is 0.185 e. The number of hydrogen-bond acceptors (Lipinski definition) is 4. The third kappa shape index (κ3) is 8.01. The van der Waals surface area contributed by atoms with E-state index in [4.69, 9.17) is 4.74 Å². The van der Waals surface area contributed by atoms with Gasteiger partial charge in [0.25, 0.3) is 0 Å². The van der Waals surface area contributed by atoms with Gasteiger partial charge in [-0.05, 0) is 90.3 Å². The van der Waals surface area contributed by atoms with Crippen molar-refractivity contribution in [2.24, 2.45) is 5.41 Å². The average molecular weight is 501 g/mol. The molecule has 0 amide bonds. The van der Waals surface area contributed by atoms with Crippen LogP contribution in [0.2, 0.25) is 0 Å². The lowest BCUT2D eigenvalue weighted by Gasteiger charge is -2.39. The number of hydrogen-bond donors (Lipinski definition) is 0. The summed E-state index contributed by atoms with van der Waals surface area (Å²) in [5, 5.41) is -0.628. The van der Waals surface area contributed by atoms with Crippen LogP contribution < -0.4 is 0 Å². The van der Waals surface area contributed by atoms with Crippen molar-refractivity contribution in [3.8, 4) is 0 Å². The van der Waals surface area contributed by atoms with Crippen molar-refractivity contribution in [3.05, 3.63) is 64.3 Å². The summed E-state index contributed by atoms with van der Waals surface area (Å²) in [5.41, 5.74) is 5.02. The zero-order chi connectivity index (χ0) is 26.4. The maximum absolute atomic E-state index is 14.1. The summed E-state index contributed by atoms with van der Waals surface area (Å²) in [6.07, 6.45) is 8.31. The summed E-state index contributed by atoms with van der Waals surface area (Å²) in [5.74, 6) is 0. The Balaban J connectivity index is 2.57. The molecule has 1 aromatic rings. The van der Waals surface area contributed by atoms with E-state index < -0.39 is 15.1 Å². The molecule has 1 aliphatic rings. The molecule has 35 heavy (non-hydrogen) atoms. The van der Waals surface area contributed by atoms with Crippen molar-refractivity contribution in [1.82, 2.24) is 0 Å². The number of rotatable bonds is 11. The van der Waals surface area contributed by atoms with Crippen molar-refractivity contribution in [1.29, 1.82) is 0 Å². The normalized spacial score (nSPS) is 19.1. The first kappa shape index (κ1) is 29.3. The zero-order valence-electron chi connectivity index (χ0n) is 22.9. The zero-order valence-corrected chi connectivity index (χ0v) is 23.7. The van der Waals surface area contributed by atoms with Crippen molar-refractivity contribution in [2.75, 3.05) is 0 Å². The molecule has 1 aliphatic carbocycles. The highest BCUT2D eigenvalue weighted by Gasteiger charge is 2.40. The van der Waals surface area contributed by atoms with E-state index >= 15 is 0 Å². The molecule has 0 fully saturated rings. The molecule has 0 aliphatic heterocycles. The van der Waals surface area contributed by atoms with Gasteiger partial charge in [-0.2, -0.15) is 0 Å². The Kier molecular flexibility index (Phi) is 10.3. The highest BCUT2D eigenvalue weighted by Crippen LogP contribution is 2.46. The standard InChI is InChI=1S/C30H44O4S/c1-21(2)34-26(18-23(4)15-17-31)19-24(5)20-28(29-25(6)10-9-16-30(29,7)8)35(32,33)27-13-11-22(3)12-14-27/h11-14,17-19,21,26,28H,9-10,15-16,20H2,1-8H3. The van der Waals surface area contributed by atoms with Gasteiger partial charge in [0.15, 0.2) is 9.84 Å². The Hall–Kier alpha value is -1.98. The molecule has 0 aromatic heterocycles. The van der Waals surface area contributed by atoms with Crippen molar-refractivity contribution < 1.29 is 17.9 Å². The highest BCUT2D eigenvalue weighted by atomic mass is 32.2. The third-order valence-electron chi connectivity index (χ3n) is 6.83. The quantitative estimate of drug-likeness (QED) is 0.236. The largest absolute Gasteiger partial charge is 0.367 e. The minimum atomic E-state index is -3.61. The average Bonchev–Trinajstić information content (AvgIpc) is 2.72. The molecular formula is C30H44O4S. The molecule has 0 saturated heterocycles. The van der Waals surface area contributed by atoms with Crippen LogP contribution in [-0.4, -0.2) is 32.2 Å². The van der Waals surface area contributed by atoms with Gasteiger partial charge in [0.2, 0.25) is 0 Å². The number of ether oxygens (including phenoxy) is 1. The Morgan fingerprint density at radius 1 is 1.06 bits per heavy atom. The Bertz CT molecular complexity index is 1070. The number of benzene rings is 1. The maximum Gasteiger partial charge on any atom is 0.185 e. The van der Waals surface area contributed by atoms with Gasteiger partial charge in [-0.1, -0.05) is 60.4 Å². The summed E-state index contributed by atoms with van der Waals surface area (Å²) in [7, 11) is -3.61. The molecule has 5 heteroatoms. The number of sulfone groups is 1. The Morgan fingerprint density at radius 3 is 2.20 bits per heavy atom.